The zero-order valence-corrected chi connectivity index (χ0v) is 14.0. The van der Waals surface area contributed by atoms with Gasteiger partial charge in [-0.15, -0.1) is 0 Å². The first kappa shape index (κ1) is 19.6. The third-order valence-electron chi connectivity index (χ3n) is 2.06. The lowest BCUT2D eigenvalue weighted by Crippen LogP contribution is -2.51. The van der Waals surface area contributed by atoms with Crippen molar-refractivity contribution in [1.29, 1.82) is 0 Å². The van der Waals surface area contributed by atoms with Crippen LogP contribution in [0.2, 0.25) is 0 Å². The Labute approximate surface area is 131 Å². The first-order chi connectivity index (χ1) is 9.55. The van der Waals surface area contributed by atoms with E-state index in [1.807, 2.05) is 13.8 Å². The van der Waals surface area contributed by atoms with Gasteiger partial charge in [0.05, 0.1) is 6.54 Å². The average molecular weight is 319 g/mol. The molecular weight excluding hydrogens is 294 g/mol. The Morgan fingerprint density at radius 3 is 2.14 bits per heavy atom. The van der Waals surface area contributed by atoms with E-state index >= 15 is 0 Å². The van der Waals surface area contributed by atoms with E-state index in [2.05, 4.69) is 28.6 Å². The molecule has 122 valence electrons. The van der Waals surface area contributed by atoms with Crippen molar-refractivity contribution in [3.63, 3.8) is 0 Å². The molecule has 1 unspecified atom stereocenters. The van der Waals surface area contributed by atoms with E-state index in [0.717, 1.165) is 0 Å². The molecule has 0 fully saturated rings. The van der Waals surface area contributed by atoms with E-state index in [-0.39, 0.29) is 24.2 Å². The molecule has 3 N–H and O–H groups in total. The van der Waals surface area contributed by atoms with Gasteiger partial charge >= 0.3 is 6.09 Å². The van der Waals surface area contributed by atoms with Gasteiger partial charge in [-0.25, -0.2) is 4.79 Å². The molecule has 3 amide bonds. The molecule has 0 saturated carbocycles. The van der Waals surface area contributed by atoms with Gasteiger partial charge in [0.15, 0.2) is 0 Å². The molecule has 0 bridgehead atoms. The lowest BCUT2D eigenvalue weighted by molar-refractivity contribution is -0.127. The second kappa shape index (κ2) is 8.76. The van der Waals surface area contributed by atoms with Crippen LogP contribution in [0.4, 0.5) is 4.79 Å². The van der Waals surface area contributed by atoms with Gasteiger partial charge in [-0.2, -0.15) is 12.6 Å². The normalized spacial score (nSPS) is 12.5. The molecule has 0 saturated heterocycles. The van der Waals surface area contributed by atoms with Crippen molar-refractivity contribution in [1.82, 2.24) is 16.0 Å². The highest BCUT2D eigenvalue weighted by Crippen LogP contribution is 2.06. The number of ether oxygens (including phenoxy) is 1. The Bertz CT molecular complexity index is 380. The van der Waals surface area contributed by atoms with E-state index in [1.54, 1.807) is 20.8 Å². The number of hydrogen-bond acceptors (Lipinski definition) is 5. The second-order valence-electron chi connectivity index (χ2n) is 5.82. The monoisotopic (exact) mass is 319 g/mol. The van der Waals surface area contributed by atoms with Crippen LogP contribution in [0.3, 0.4) is 0 Å². The van der Waals surface area contributed by atoms with Gasteiger partial charge < -0.3 is 20.7 Å². The SMILES string of the molecule is CC(C)NC(=O)CNC(=O)C(CS)NC(=O)OC(C)(C)C. The molecule has 0 radical (unpaired) electrons. The Morgan fingerprint density at radius 2 is 1.71 bits per heavy atom. The molecule has 1 atom stereocenters. The van der Waals surface area contributed by atoms with E-state index in [0.29, 0.717) is 0 Å². The lowest BCUT2D eigenvalue weighted by Gasteiger charge is -2.22. The Morgan fingerprint density at radius 1 is 1.14 bits per heavy atom. The maximum absolute atomic E-state index is 11.9. The fraction of sp³-hybridized carbons (Fsp3) is 0.769. The summed E-state index contributed by atoms with van der Waals surface area (Å²) in [7, 11) is 0. The number of carbonyl (C=O) groups excluding carboxylic acids is 3. The minimum Gasteiger partial charge on any atom is -0.444 e. The van der Waals surface area contributed by atoms with Crippen LogP contribution in [-0.2, 0) is 14.3 Å². The fourth-order valence-corrected chi connectivity index (χ4v) is 1.56. The summed E-state index contributed by atoms with van der Waals surface area (Å²) < 4.78 is 5.06. The van der Waals surface area contributed by atoms with Crippen LogP contribution in [0.1, 0.15) is 34.6 Å². The summed E-state index contributed by atoms with van der Waals surface area (Å²) in [5.74, 6) is -0.694. The minimum absolute atomic E-state index is 0.00466. The molecule has 21 heavy (non-hydrogen) atoms. The van der Waals surface area contributed by atoms with Gasteiger partial charge in [-0.1, -0.05) is 0 Å². The highest BCUT2D eigenvalue weighted by atomic mass is 32.1. The molecule has 0 aromatic rings. The number of alkyl carbamates (subject to hydrolysis) is 1. The largest absolute Gasteiger partial charge is 0.444 e. The summed E-state index contributed by atoms with van der Waals surface area (Å²) in [6, 6.07) is -0.870. The molecule has 0 aromatic carbocycles. The molecule has 0 heterocycles. The van der Waals surface area contributed by atoms with Crippen LogP contribution in [0.15, 0.2) is 0 Å². The molecular formula is C13H25N3O4S. The summed E-state index contributed by atoms with van der Waals surface area (Å²) >= 11 is 4.01. The smallest absolute Gasteiger partial charge is 0.408 e. The van der Waals surface area contributed by atoms with E-state index < -0.39 is 23.6 Å². The summed E-state index contributed by atoms with van der Waals surface area (Å²) in [6.07, 6.45) is -0.705. The fourth-order valence-electron chi connectivity index (χ4n) is 1.31. The predicted molar refractivity (Wildman–Crippen MR) is 83.3 cm³/mol. The number of nitrogens with one attached hydrogen (secondary N) is 3. The van der Waals surface area contributed by atoms with Crippen molar-refractivity contribution >= 4 is 30.5 Å². The second-order valence-corrected chi connectivity index (χ2v) is 6.19. The van der Waals surface area contributed by atoms with Crippen LogP contribution in [0, 0.1) is 0 Å². The number of rotatable bonds is 6. The Balaban J connectivity index is 4.30. The maximum atomic E-state index is 11.9. The summed E-state index contributed by atoms with van der Waals surface area (Å²) in [5, 5.41) is 7.49. The quantitative estimate of drug-likeness (QED) is 0.535. The molecule has 0 aliphatic rings. The molecule has 0 aliphatic carbocycles. The molecule has 0 aliphatic heterocycles. The van der Waals surface area contributed by atoms with Crippen molar-refractivity contribution in [2.45, 2.75) is 52.3 Å². The van der Waals surface area contributed by atoms with Crippen molar-refractivity contribution in [3.8, 4) is 0 Å². The molecule has 8 heteroatoms. The van der Waals surface area contributed by atoms with Gasteiger partial charge in [-0.3, -0.25) is 9.59 Å². The third-order valence-corrected chi connectivity index (χ3v) is 2.43. The molecule has 0 aromatic heterocycles. The third kappa shape index (κ3) is 10.0. The maximum Gasteiger partial charge on any atom is 0.408 e. The summed E-state index contributed by atoms with van der Waals surface area (Å²) in [5.41, 5.74) is -0.654. The van der Waals surface area contributed by atoms with Gasteiger partial charge in [0.25, 0.3) is 0 Å². The Hall–Kier alpha value is -1.44. The van der Waals surface area contributed by atoms with Crippen LogP contribution in [-0.4, -0.2) is 47.9 Å². The Kier molecular flexibility index (Phi) is 8.16. The highest BCUT2D eigenvalue weighted by Gasteiger charge is 2.23. The van der Waals surface area contributed by atoms with Crippen molar-refractivity contribution in [2.24, 2.45) is 0 Å². The standard InChI is InChI=1S/C13H25N3O4S/c1-8(2)15-10(17)6-14-11(18)9(7-21)16-12(19)20-13(3,4)5/h8-9,21H,6-7H2,1-5H3,(H,14,18)(H,15,17)(H,16,19). The number of thiol groups is 1. The lowest BCUT2D eigenvalue weighted by atomic mass is 10.2. The van der Waals surface area contributed by atoms with Gasteiger partial charge in [-0.05, 0) is 34.6 Å². The van der Waals surface area contributed by atoms with Crippen LogP contribution < -0.4 is 16.0 Å². The molecule has 0 spiro atoms. The number of carbonyl (C=O) groups is 3. The summed E-state index contributed by atoms with van der Waals surface area (Å²) in [4.78, 5) is 34.9. The average Bonchev–Trinajstić information content (AvgIpc) is 2.29. The molecule has 7 nitrogen and oxygen atoms in total. The minimum atomic E-state index is -0.866. The van der Waals surface area contributed by atoms with Crippen molar-refractivity contribution in [2.75, 3.05) is 12.3 Å². The first-order valence-corrected chi connectivity index (χ1v) is 7.36. The van der Waals surface area contributed by atoms with Gasteiger partial charge in [0.1, 0.15) is 11.6 Å². The van der Waals surface area contributed by atoms with Crippen LogP contribution in [0.25, 0.3) is 0 Å². The van der Waals surface area contributed by atoms with E-state index in [1.165, 1.54) is 0 Å². The van der Waals surface area contributed by atoms with Crippen molar-refractivity contribution in [3.05, 3.63) is 0 Å². The van der Waals surface area contributed by atoms with Gasteiger partial charge in [0.2, 0.25) is 11.8 Å². The van der Waals surface area contributed by atoms with Gasteiger partial charge in [0, 0.05) is 11.8 Å². The zero-order chi connectivity index (χ0) is 16.6. The number of hydrogen-bond donors (Lipinski definition) is 4. The van der Waals surface area contributed by atoms with Crippen molar-refractivity contribution < 1.29 is 19.1 Å². The summed E-state index contributed by atoms with van der Waals surface area (Å²) in [6.45, 7) is 8.65. The van der Waals surface area contributed by atoms with Crippen LogP contribution in [0.5, 0.6) is 0 Å². The highest BCUT2D eigenvalue weighted by molar-refractivity contribution is 7.80. The predicted octanol–water partition coefficient (Wildman–Crippen LogP) is 0.450. The van der Waals surface area contributed by atoms with E-state index in [4.69, 9.17) is 4.74 Å². The first-order valence-electron chi connectivity index (χ1n) is 6.72. The zero-order valence-electron chi connectivity index (χ0n) is 13.1. The van der Waals surface area contributed by atoms with E-state index in [9.17, 15) is 14.4 Å². The number of amides is 3. The topological polar surface area (TPSA) is 96.5 Å². The van der Waals surface area contributed by atoms with Crippen LogP contribution >= 0.6 is 12.6 Å². The molecule has 0 rings (SSSR count).